The van der Waals surface area contributed by atoms with Crippen molar-refractivity contribution >= 4 is 17.9 Å². The fourth-order valence-electron chi connectivity index (χ4n) is 5.85. The number of hydrogen-bond acceptors (Lipinski definition) is 6. The van der Waals surface area contributed by atoms with Crippen LogP contribution < -0.4 is 0 Å². The van der Waals surface area contributed by atoms with Gasteiger partial charge in [-0.3, -0.25) is 14.4 Å². The zero-order valence-electron chi connectivity index (χ0n) is 35.7. The number of unbranched alkanes of at least 4 members (excludes halogenated alkanes) is 16. The Morgan fingerprint density at radius 3 is 1.11 bits per heavy atom. The molecule has 0 aromatic carbocycles. The fraction of sp³-hybridized carbons (Fsp3) is 0.694. The van der Waals surface area contributed by atoms with Crippen molar-refractivity contribution in [2.24, 2.45) is 0 Å². The Morgan fingerprint density at radius 2 is 0.709 bits per heavy atom. The molecule has 0 radical (unpaired) electrons. The highest BCUT2D eigenvalue weighted by atomic mass is 16.6. The lowest BCUT2D eigenvalue weighted by molar-refractivity contribution is -0.167. The van der Waals surface area contributed by atoms with Gasteiger partial charge in [-0.2, -0.15) is 0 Å². The molecule has 0 bridgehead atoms. The molecule has 1 unspecified atom stereocenters. The highest BCUT2D eigenvalue weighted by Crippen LogP contribution is 2.13. The molecule has 0 saturated heterocycles. The van der Waals surface area contributed by atoms with Crippen LogP contribution in [0.3, 0.4) is 0 Å². The zero-order chi connectivity index (χ0) is 40.1. The Kier molecular flexibility index (Phi) is 41.1. The average Bonchev–Trinajstić information content (AvgIpc) is 3.18. The largest absolute Gasteiger partial charge is 0.462 e. The summed E-state index contributed by atoms with van der Waals surface area (Å²) in [5.41, 5.74) is 0. The van der Waals surface area contributed by atoms with Crippen LogP contribution in [0.15, 0.2) is 72.9 Å². The summed E-state index contributed by atoms with van der Waals surface area (Å²) in [5.74, 6) is -0.949. The second-order valence-corrected chi connectivity index (χ2v) is 14.6. The first-order valence-corrected chi connectivity index (χ1v) is 22.4. The van der Waals surface area contributed by atoms with Crippen LogP contribution in [0.5, 0.6) is 0 Å². The van der Waals surface area contributed by atoms with E-state index in [1.54, 1.807) is 0 Å². The minimum absolute atomic E-state index is 0.0883. The summed E-state index contributed by atoms with van der Waals surface area (Å²) in [6.07, 6.45) is 53.3. The predicted molar refractivity (Wildman–Crippen MR) is 233 cm³/mol. The number of rotatable bonds is 39. The molecule has 0 aliphatic carbocycles. The molecule has 0 aromatic heterocycles. The third kappa shape index (κ3) is 41.8. The van der Waals surface area contributed by atoms with Crippen molar-refractivity contribution in [2.45, 2.75) is 207 Å². The first-order valence-electron chi connectivity index (χ1n) is 22.4. The lowest BCUT2D eigenvalue weighted by Gasteiger charge is -2.18. The van der Waals surface area contributed by atoms with E-state index in [-0.39, 0.29) is 31.1 Å². The van der Waals surface area contributed by atoms with Crippen LogP contribution in [-0.2, 0) is 28.6 Å². The SMILES string of the molecule is CC/C=C\C/C=C\C/C=C\C/C=C\C/C=C\C/C=C\CCCCC(=O)OCC(COC(=O)CCCCCCCCCC)OC(=O)CCCCCCCCCC. The van der Waals surface area contributed by atoms with Crippen LogP contribution in [0, 0.1) is 0 Å². The van der Waals surface area contributed by atoms with E-state index in [2.05, 4.69) is 93.7 Å². The molecule has 0 aliphatic rings. The van der Waals surface area contributed by atoms with E-state index in [0.717, 1.165) is 96.3 Å². The maximum Gasteiger partial charge on any atom is 0.306 e. The highest BCUT2D eigenvalue weighted by molar-refractivity contribution is 5.71. The molecule has 0 aliphatic heterocycles. The smallest absolute Gasteiger partial charge is 0.306 e. The molecule has 0 rings (SSSR count). The Labute approximate surface area is 338 Å². The molecule has 314 valence electrons. The van der Waals surface area contributed by atoms with E-state index in [9.17, 15) is 14.4 Å². The number of esters is 3. The van der Waals surface area contributed by atoms with E-state index >= 15 is 0 Å². The minimum atomic E-state index is -0.785. The van der Waals surface area contributed by atoms with Gasteiger partial charge in [-0.15, -0.1) is 0 Å². The van der Waals surface area contributed by atoms with Gasteiger partial charge in [-0.1, -0.05) is 184 Å². The van der Waals surface area contributed by atoms with Crippen LogP contribution in [-0.4, -0.2) is 37.2 Å². The Hall–Kier alpha value is -3.15. The molecule has 1 atom stereocenters. The molecule has 6 heteroatoms. The van der Waals surface area contributed by atoms with Crippen molar-refractivity contribution in [1.82, 2.24) is 0 Å². The number of allylic oxidation sites excluding steroid dienone is 12. The summed E-state index contributed by atoms with van der Waals surface area (Å²) in [4.78, 5) is 37.5. The maximum atomic E-state index is 12.6. The summed E-state index contributed by atoms with van der Waals surface area (Å²) in [6, 6.07) is 0. The van der Waals surface area contributed by atoms with Crippen LogP contribution in [0.25, 0.3) is 0 Å². The molecule has 6 nitrogen and oxygen atoms in total. The quantitative estimate of drug-likeness (QED) is 0.0268. The summed E-state index contributed by atoms with van der Waals surface area (Å²) >= 11 is 0. The van der Waals surface area contributed by atoms with Crippen molar-refractivity contribution in [3.05, 3.63) is 72.9 Å². The molecule has 55 heavy (non-hydrogen) atoms. The van der Waals surface area contributed by atoms with Gasteiger partial charge in [-0.25, -0.2) is 0 Å². The Bertz CT molecular complexity index is 1070. The van der Waals surface area contributed by atoms with Crippen molar-refractivity contribution in [3.8, 4) is 0 Å². The van der Waals surface area contributed by atoms with Crippen molar-refractivity contribution in [2.75, 3.05) is 13.2 Å². The second kappa shape index (κ2) is 43.6. The third-order valence-corrected chi connectivity index (χ3v) is 9.23. The molecule has 0 N–H and O–H groups in total. The highest BCUT2D eigenvalue weighted by Gasteiger charge is 2.19. The van der Waals surface area contributed by atoms with E-state index in [1.165, 1.54) is 64.2 Å². The van der Waals surface area contributed by atoms with Crippen LogP contribution in [0.2, 0.25) is 0 Å². The Morgan fingerprint density at radius 1 is 0.382 bits per heavy atom. The normalized spacial score (nSPS) is 12.7. The van der Waals surface area contributed by atoms with Crippen molar-refractivity contribution in [1.29, 1.82) is 0 Å². The standard InChI is InChI=1S/C49H82O6/c1-4-7-10-13-16-19-20-21-22-23-24-25-26-27-28-29-30-31-34-36-39-42-48(51)54-45-46(55-49(52)43-40-37-33-18-15-12-9-6-3)44-53-47(50)41-38-35-32-17-14-11-8-5-2/h7,10,16,19,21-22,24-25,27-28,30-31,46H,4-6,8-9,11-15,17-18,20,23,26,29,32-45H2,1-3H3/b10-7-,19-16-,22-21-,25-24-,28-27-,31-30-. The number of hydrogen-bond donors (Lipinski definition) is 0. The zero-order valence-corrected chi connectivity index (χ0v) is 35.7. The predicted octanol–water partition coefficient (Wildman–Crippen LogP) is 14.3. The van der Waals surface area contributed by atoms with Crippen LogP contribution >= 0.6 is 0 Å². The van der Waals surface area contributed by atoms with Gasteiger partial charge < -0.3 is 14.2 Å². The van der Waals surface area contributed by atoms with Crippen LogP contribution in [0.4, 0.5) is 0 Å². The molecular weight excluding hydrogens is 685 g/mol. The van der Waals surface area contributed by atoms with Gasteiger partial charge in [-0.05, 0) is 70.6 Å². The lowest BCUT2D eigenvalue weighted by atomic mass is 10.1. The van der Waals surface area contributed by atoms with E-state index in [0.29, 0.717) is 19.3 Å². The van der Waals surface area contributed by atoms with Crippen molar-refractivity contribution in [3.63, 3.8) is 0 Å². The summed E-state index contributed by atoms with van der Waals surface area (Å²) in [6.45, 7) is 6.40. The third-order valence-electron chi connectivity index (χ3n) is 9.23. The van der Waals surface area contributed by atoms with E-state index in [1.807, 2.05) is 0 Å². The van der Waals surface area contributed by atoms with Gasteiger partial charge in [0, 0.05) is 19.3 Å². The monoisotopic (exact) mass is 767 g/mol. The number of ether oxygens (including phenoxy) is 3. The summed E-state index contributed by atoms with van der Waals surface area (Å²) < 4.78 is 16.6. The van der Waals surface area contributed by atoms with Gasteiger partial charge >= 0.3 is 17.9 Å². The number of carbonyl (C=O) groups is 3. The van der Waals surface area contributed by atoms with Crippen molar-refractivity contribution < 1.29 is 28.6 Å². The molecule has 0 saturated carbocycles. The van der Waals surface area contributed by atoms with E-state index in [4.69, 9.17) is 14.2 Å². The van der Waals surface area contributed by atoms with Gasteiger partial charge in [0.2, 0.25) is 0 Å². The first-order chi connectivity index (χ1) is 27.0. The Balaban J connectivity index is 4.33. The first kappa shape index (κ1) is 51.9. The lowest BCUT2D eigenvalue weighted by Crippen LogP contribution is -2.30. The van der Waals surface area contributed by atoms with Gasteiger partial charge in [0.1, 0.15) is 13.2 Å². The minimum Gasteiger partial charge on any atom is -0.462 e. The second-order valence-electron chi connectivity index (χ2n) is 14.6. The molecule has 0 aromatic rings. The van der Waals surface area contributed by atoms with Gasteiger partial charge in [0.05, 0.1) is 0 Å². The summed E-state index contributed by atoms with van der Waals surface area (Å²) in [5, 5.41) is 0. The summed E-state index contributed by atoms with van der Waals surface area (Å²) in [7, 11) is 0. The molecule has 0 fully saturated rings. The average molecular weight is 767 g/mol. The fourth-order valence-corrected chi connectivity index (χ4v) is 5.85. The topological polar surface area (TPSA) is 78.9 Å². The molecular formula is C49H82O6. The molecule has 0 spiro atoms. The maximum absolute atomic E-state index is 12.6. The molecule has 0 heterocycles. The van der Waals surface area contributed by atoms with Gasteiger partial charge in [0.15, 0.2) is 6.10 Å². The molecule has 0 amide bonds. The van der Waals surface area contributed by atoms with Gasteiger partial charge in [0.25, 0.3) is 0 Å². The van der Waals surface area contributed by atoms with E-state index < -0.39 is 6.10 Å². The number of carbonyl (C=O) groups excluding carboxylic acids is 3. The van der Waals surface area contributed by atoms with Crippen LogP contribution in [0.1, 0.15) is 201 Å².